The summed E-state index contributed by atoms with van der Waals surface area (Å²) in [5.41, 5.74) is 0.595. The average Bonchev–Trinajstić information content (AvgIpc) is 2.70. The molecule has 1 aliphatic rings. The van der Waals surface area contributed by atoms with Crippen LogP contribution in [0.4, 0.5) is 14.6 Å². The first-order valence-corrected chi connectivity index (χ1v) is 10.4. The first-order chi connectivity index (χ1) is 14.3. The molecule has 0 saturated carbocycles. The quantitative estimate of drug-likeness (QED) is 0.473. The second-order valence-corrected chi connectivity index (χ2v) is 8.22. The molecule has 1 N–H and O–H groups in total. The number of hydrogen-bond acceptors (Lipinski definition) is 4. The molecule has 1 unspecified atom stereocenters. The molecule has 1 aliphatic heterocycles. The zero-order valence-corrected chi connectivity index (χ0v) is 17.4. The van der Waals surface area contributed by atoms with Crippen LogP contribution in [0, 0.1) is 11.6 Å². The fraction of sp³-hybridized carbons (Fsp3) is 0.190. The van der Waals surface area contributed by atoms with Crippen LogP contribution in [0.1, 0.15) is 29.0 Å². The number of carbonyl (C=O) groups excluding carboxylic acids is 1. The van der Waals surface area contributed by atoms with Crippen molar-refractivity contribution in [3.63, 3.8) is 0 Å². The minimum atomic E-state index is -0.844. The van der Waals surface area contributed by atoms with Crippen LogP contribution in [0.2, 0.25) is 5.02 Å². The number of carbonyl (C=O) groups is 1. The highest BCUT2D eigenvalue weighted by Crippen LogP contribution is 2.37. The number of halogens is 3. The zero-order valence-electron chi connectivity index (χ0n) is 15.8. The molecule has 0 bridgehead atoms. The predicted molar refractivity (Wildman–Crippen MR) is 112 cm³/mol. The van der Waals surface area contributed by atoms with Gasteiger partial charge < -0.3 is 9.88 Å². The molecule has 0 radical (unpaired) electrons. The number of benzene rings is 2. The first-order valence-electron chi connectivity index (χ1n) is 9.07. The van der Waals surface area contributed by atoms with E-state index in [1.54, 1.807) is 17.7 Å². The summed E-state index contributed by atoms with van der Waals surface area (Å²) in [6.45, 7) is 0. The molecule has 2 aromatic carbocycles. The fourth-order valence-electron chi connectivity index (χ4n) is 3.47. The fourth-order valence-corrected chi connectivity index (χ4v) is 4.72. The minimum Gasteiger partial charge on any atom is -0.312 e. The Morgan fingerprint density at radius 3 is 2.73 bits per heavy atom. The lowest BCUT2D eigenvalue weighted by Gasteiger charge is -2.27. The lowest BCUT2D eigenvalue weighted by atomic mass is 9.86. The van der Waals surface area contributed by atoms with Gasteiger partial charge in [-0.3, -0.25) is 9.59 Å². The SMILES string of the molecule is Cn1c(SCc2ccccc2Cl)nc(=O)c2c1NC(=O)CC2c1ccc(F)cc1F. The van der Waals surface area contributed by atoms with Crippen LogP contribution < -0.4 is 10.9 Å². The van der Waals surface area contributed by atoms with E-state index in [1.165, 1.54) is 17.8 Å². The van der Waals surface area contributed by atoms with Crippen molar-refractivity contribution in [1.82, 2.24) is 9.55 Å². The Morgan fingerprint density at radius 1 is 1.23 bits per heavy atom. The first kappa shape index (κ1) is 20.6. The highest BCUT2D eigenvalue weighted by Gasteiger charge is 2.33. The molecule has 3 aromatic rings. The van der Waals surface area contributed by atoms with Crippen LogP contribution in [0.3, 0.4) is 0 Å². The van der Waals surface area contributed by atoms with E-state index in [4.69, 9.17) is 11.6 Å². The summed E-state index contributed by atoms with van der Waals surface area (Å²) < 4.78 is 29.3. The maximum Gasteiger partial charge on any atom is 0.279 e. The van der Waals surface area contributed by atoms with Crippen LogP contribution in [0.15, 0.2) is 52.4 Å². The summed E-state index contributed by atoms with van der Waals surface area (Å²) in [6.07, 6.45) is -0.126. The second-order valence-electron chi connectivity index (χ2n) is 6.87. The monoisotopic (exact) mass is 447 g/mol. The number of nitrogens with one attached hydrogen (secondary N) is 1. The maximum absolute atomic E-state index is 14.4. The highest BCUT2D eigenvalue weighted by atomic mass is 35.5. The van der Waals surface area contributed by atoms with Crippen LogP contribution in [0.5, 0.6) is 0 Å². The van der Waals surface area contributed by atoms with Gasteiger partial charge in [-0.2, -0.15) is 4.98 Å². The summed E-state index contributed by atoms with van der Waals surface area (Å²) in [5, 5.41) is 3.69. The Labute approximate surface area is 180 Å². The molecule has 0 aliphatic carbocycles. The van der Waals surface area contributed by atoms with Crippen LogP contribution >= 0.6 is 23.4 Å². The number of thioether (sulfide) groups is 1. The van der Waals surface area contributed by atoms with Crippen molar-refractivity contribution >= 4 is 35.1 Å². The van der Waals surface area contributed by atoms with Gasteiger partial charge in [-0.05, 0) is 23.3 Å². The number of amides is 1. The van der Waals surface area contributed by atoms with Gasteiger partial charge in [0.2, 0.25) is 5.91 Å². The van der Waals surface area contributed by atoms with Gasteiger partial charge >= 0.3 is 0 Å². The summed E-state index contributed by atoms with van der Waals surface area (Å²) in [5.74, 6) is -2.00. The van der Waals surface area contributed by atoms with Gasteiger partial charge in [0.25, 0.3) is 5.56 Å². The van der Waals surface area contributed by atoms with Gasteiger partial charge in [0, 0.05) is 36.2 Å². The van der Waals surface area contributed by atoms with Gasteiger partial charge in [-0.1, -0.05) is 47.6 Å². The van der Waals surface area contributed by atoms with E-state index in [0.29, 0.717) is 15.9 Å². The number of nitrogens with zero attached hydrogens (tertiary/aromatic N) is 2. The molecular weight excluding hydrogens is 432 g/mol. The van der Waals surface area contributed by atoms with Gasteiger partial charge in [0.15, 0.2) is 5.16 Å². The molecule has 9 heteroatoms. The Kier molecular flexibility index (Phi) is 5.62. The van der Waals surface area contributed by atoms with E-state index in [1.807, 2.05) is 18.2 Å². The van der Waals surface area contributed by atoms with Crippen molar-refractivity contribution in [3.05, 3.63) is 86.2 Å². The molecule has 0 spiro atoms. The molecule has 4 rings (SSSR count). The van der Waals surface area contributed by atoms with Gasteiger partial charge in [-0.15, -0.1) is 0 Å². The third-order valence-electron chi connectivity index (χ3n) is 4.95. The maximum atomic E-state index is 14.4. The average molecular weight is 448 g/mol. The normalized spacial score (nSPS) is 15.6. The third kappa shape index (κ3) is 3.85. The molecule has 1 aromatic heterocycles. The van der Waals surface area contributed by atoms with Crippen LogP contribution in [0.25, 0.3) is 0 Å². The van der Waals surface area contributed by atoms with E-state index >= 15 is 0 Å². The van der Waals surface area contributed by atoms with E-state index in [2.05, 4.69) is 10.3 Å². The standard InChI is InChI=1S/C21H16ClF2N3O2S/c1-27-19-18(14(9-17(28)25-19)13-7-6-12(23)8-16(13)24)20(29)26-21(27)30-10-11-4-2-3-5-15(11)22/h2-8,14H,9-10H2,1H3,(H,25,28). The Balaban J connectivity index is 1.75. The van der Waals surface area contributed by atoms with E-state index in [-0.39, 0.29) is 29.3 Å². The molecule has 0 fully saturated rings. The largest absolute Gasteiger partial charge is 0.312 e. The number of hydrogen-bond donors (Lipinski definition) is 1. The molecular formula is C21H16ClF2N3O2S. The number of fused-ring (bicyclic) bond motifs is 1. The van der Waals surface area contributed by atoms with Crippen molar-refractivity contribution < 1.29 is 13.6 Å². The number of aromatic nitrogens is 2. The molecule has 5 nitrogen and oxygen atoms in total. The zero-order chi connectivity index (χ0) is 21.4. The lowest BCUT2D eigenvalue weighted by Crippen LogP contribution is -2.33. The topological polar surface area (TPSA) is 64.0 Å². The Morgan fingerprint density at radius 2 is 2.00 bits per heavy atom. The van der Waals surface area contributed by atoms with Crippen LogP contribution in [-0.2, 0) is 17.6 Å². The molecule has 0 saturated heterocycles. The van der Waals surface area contributed by atoms with Gasteiger partial charge in [0.1, 0.15) is 17.5 Å². The Bertz CT molecular complexity index is 1220. The van der Waals surface area contributed by atoms with E-state index in [9.17, 15) is 18.4 Å². The molecule has 1 atom stereocenters. The predicted octanol–water partition coefficient (Wildman–Crippen LogP) is 4.48. The van der Waals surface area contributed by atoms with Gasteiger partial charge in [-0.25, -0.2) is 8.78 Å². The summed E-state index contributed by atoms with van der Waals surface area (Å²) in [7, 11) is 1.67. The minimum absolute atomic E-state index is 0.0860. The van der Waals surface area contributed by atoms with E-state index < -0.39 is 23.1 Å². The summed E-state index contributed by atoms with van der Waals surface area (Å²) in [6, 6.07) is 10.5. The molecule has 2 heterocycles. The van der Waals surface area contributed by atoms with Crippen molar-refractivity contribution in [1.29, 1.82) is 0 Å². The summed E-state index contributed by atoms with van der Waals surface area (Å²) in [4.78, 5) is 29.3. The molecule has 1 amide bonds. The van der Waals surface area contributed by atoms with Crippen LogP contribution in [-0.4, -0.2) is 15.5 Å². The molecule has 154 valence electrons. The summed E-state index contributed by atoms with van der Waals surface area (Å²) >= 11 is 7.48. The third-order valence-corrected chi connectivity index (χ3v) is 6.40. The number of rotatable bonds is 4. The number of anilines is 1. The molecule has 30 heavy (non-hydrogen) atoms. The van der Waals surface area contributed by atoms with Crippen molar-refractivity contribution in [2.24, 2.45) is 7.05 Å². The smallest absolute Gasteiger partial charge is 0.279 e. The second kappa shape index (κ2) is 8.20. The highest BCUT2D eigenvalue weighted by molar-refractivity contribution is 7.98. The van der Waals surface area contributed by atoms with Crippen molar-refractivity contribution in [2.75, 3.05) is 5.32 Å². The van der Waals surface area contributed by atoms with E-state index in [0.717, 1.165) is 17.7 Å². The van der Waals surface area contributed by atoms with Gasteiger partial charge in [0.05, 0.1) is 5.56 Å². The lowest BCUT2D eigenvalue weighted by molar-refractivity contribution is -0.116. The van der Waals surface area contributed by atoms with Crippen molar-refractivity contribution in [3.8, 4) is 0 Å². The Hall–Kier alpha value is -2.71. The van der Waals surface area contributed by atoms with Crippen molar-refractivity contribution in [2.45, 2.75) is 23.2 Å².